The van der Waals surface area contributed by atoms with Crippen LogP contribution in [0.4, 0.5) is 9.52 Å². The van der Waals surface area contributed by atoms with Gasteiger partial charge in [-0.3, -0.25) is 14.9 Å². The minimum absolute atomic E-state index is 0.103. The van der Waals surface area contributed by atoms with Gasteiger partial charge in [-0.25, -0.2) is 9.49 Å². The molecule has 4 aromatic rings. The molecule has 0 aliphatic rings. The van der Waals surface area contributed by atoms with E-state index < -0.39 is 5.91 Å². The van der Waals surface area contributed by atoms with Gasteiger partial charge in [0, 0.05) is 11.1 Å². The first kappa shape index (κ1) is 18.3. The standard InChI is InChI=1S/C18H12FN5O2S2/c19-11-7-5-10(6-8-11)9-27-18-24-23-17(28-18)20-16(26)14-12-3-1-2-4-13(12)15(25)22-21-14/h1-8H,9H2,(H,22,25)(H,20,23,26). The summed E-state index contributed by atoms with van der Waals surface area (Å²) in [5.41, 5.74) is 0.699. The van der Waals surface area contributed by atoms with E-state index in [1.54, 1.807) is 36.4 Å². The summed E-state index contributed by atoms with van der Waals surface area (Å²) in [6, 6.07) is 13.0. The van der Waals surface area contributed by atoms with Crippen molar-refractivity contribution < 1.29 is 9.18 Å². The van der Waals surface area contributed by atoms with Gasteiger partial charge in [-0.1, -0.05) is 53.4 Å². The maximum Gasteiger partial charge on any atom is 0.278 e. The molecule has 0 bridgehead atoms. The number of aromatic nitrogens is 4. The molecule has 2 aromatic heterocycles. The second-order valence-corrected chi connectivity index (χ2v) is 7.89. The Morgan fingerprint density at radius 2 is 1.86 bits per heavy atom. The van der Waals surface area contributed by atoms with Crippen LogP contribution in [0.2, 0.25) is 0 Å². The van der Waals surface area contributed by atoms with Crippen LogP contribution < -0.4 is 10.9 Å². The fourth-order valence-electron chi connectivity index (χ4n) is 2.49. The quantitative estimate of drug-likeness (QED) is 0.384. The summed E-state index contributed by atoms with van der Waals surface area (Å²) in [4.78, 5) is 24.4. The van der Waals surface area contributed by atoms with Gasteiger partial charge in [0.15, 0.2) is 10.0 Å². The smallest absolute Gasteiger partial charge is 0.278 e. The fourth-order valence-corrected chi connectivity index (χ4v) is 4.19. The summed E-state index contributed by atoms with van der Waals surface area (Å²) < 4.78 is 13.6. The van der Waals surface area contributed by atoms with E-state index in [1.165, 1.54) is 35.2 Å². The molecule has 0 radical (unpaired) electrons. The van der Waals surface area contributed by atoms with E-state index in [-0.39, 0.29) is 17.1 Å². The van der Waals surface area contributed by atoms with Crippen LogP contribution in [0.3, 0.4) is 0 Å². The van der Waals surface area contributed by atoms with Crippen molar-refractivity contribution in [3.8, 4) is 0 Å². The third-order valence-electron chi connectivity index (χ3n) is 3.81. The number of amides is 1. The van der Waals surface area contributed by atoms with Crippen molar-refractivity contribution in [2.24, 2.45) is 0 Å². The Kier molecular flexibility index (Phi) is 5.13. The number of nitrogens with one attached hydrogen (secondary N) is 2. The summed E-state index contributed by atoms with van der Waals surface area (Å²) in [5, 5.41) is 18.0. The van der Waals surface area contributed by atoms with E-state index >= 15 is 0 Å². The molecular weight excluding hydrogens is 401 g/mol. The van der Waals surface area contributed by atoms with Gasteiger partial charge in [-0.05, 0) is 23.8 Å². The van der Waals surface area contributed by atoms with Gasteiger partial charge in [-0.2, -0.15) is 5.10 Å². The summed E-state index contributed by atoms with van der Waals surface area (Å²) in [6.07, 6.45) is 0. The molecule has 0 saturated heterocycles. The molecule has 0 saturated carbocycles. The number of benzene rings is 2. The van der Waals surface area contributed by atoms with E-state index in [0.29, 0.717) is 26.0 Å². The Hall–Kier alpha value is -3.11. The molecule has 1 amide bonds. The molecule has 2 heterocycles. The van der Waals surface area contributed by atoms with Gasteiger partial charge in [-0.15, -0.1) is 10.2 Å². The van der Waals surface area contributed by atoms with Gasteiger partial charge < -0.3 is 0 Å². The average Bonchev–Trinajstić information content (AvgIpc) is 3.15. The maximum absolute atomic E-state index is 12.9. The van der Waals surface area contributed by atoms with E-state index in [4.69, 9.17) is 0 Å². The highest BCUT2D eigenvalue weighted by molar-refractivity contribution is 8.00. The van der Waals surface area contributed by atoms with Gasteiger partial charge in [0.25, 0.3) is 11.5 Å². The number of carbonyl (C=O) groups excluding carboxylic acids is 1. The Morgan fingerprint density at radius 1 is 1.11 bits per heavy atom. The van der Waals surface area contributed by atoms with Crippen LogP contribution in [-0.2, 0) is 5.75 Å². The van der Waals surface area contributed by atoms with Crippen molar-refractivity contribution in [3.05, 3.63) is 76.0 Å². The Balaban J connectivity index is 1.47. The third kappa shape index (κ3) is 3.92. The largest absolute Gasteiger partial charge is 0.295 e. The molecule has 2 N–H and O–H groups in total. The zero-order chi connectivity index (χ0) is 19.5. The van der Waals surface area contributed by atoms with Crippen LogP contribution in [0.25, 0.3) is 10.8 Å². The molecule has 140 valence electrons. The van der Waals surface area contributed by atoms with E-state index in [2.05, 4.69) is 25.7 Å². The Morgan fingerprint density at radius 3 is 2.64 bits per heavy atom. The van der Waals surface area contributed by atoms with Crippen molar-refractivity contribution in [2.45, 2.75) is 10.1 Å². The number of rotatable bonds is 5. The highest BCUT2D eigenvalue weighted by Crippen LogP contribution is 2.28. The SMILES string of the molecule is O=C(Nc1nnc(SCc2ccc(F)cc2)s1)c1n[nH]c(=O)c2ccccc12. The zero-order valence-electron chi connectivity index (χ0n) is 14.2. The van der Waals surface area contributed by atoms with Crippen molar-refractivity contribution in [2.75, 3.05) is 5.32 Å². The second-order valence-electron chi connectivity index (χ2n) is 5.69. The predicted octanol–water partition coefficient (Wildman–Crippen LogP) is 3.46. The van der Waals surface area contributed by atoms with Crippen LogP contribution in [0.1, 0.15) is 16.1 Å². The minimum atomic E-state index is -0.487. The monoisotopic (exact) mass is 413 g/mol. The number of thioether (sulfide) groups is 1. The van der Waals surface area contributed by atoms with Crippen LogP contribution in [0.15, 0.2) is 57.7 Å². The summed E-state index contributed by atoms with van der Waals surface area (Å²) in [5.74, 6) is -0.161. The topological polar surface area (TPSA) is 101 Å². The maximum atomic E-state index is 12.9. The molecule has 2 aromatic carbocycles. The first-order valence-corrected chi connectivity index (χ1v) is 9.90. The molecule has 28 heavy (non-hydrogen) atoms. The van der Waals surface area contributed by atoms with Crippen molar-refractivity contribution >= 4 is 44.9 Å². The van der Waals surface area contributed by atoms with E-state index in [9.17, 15) is 14.0 Å². The summed E-state index contributed by atoms with van der Waals surface area (Å²) >= 11 is 2.66. The summed E-state index contributed by atoms with van der Waals surface area (Å²) in [7, 11) is 0. The fraction of sp³-hybridized carbons (Fsp3) is 0.0556. The Bertz CT molecular complexity index is 1210. The first-order valence-electron chi connectivity index (χ1n) is 8.09. The zero-order valence-corrected chi connectivity index (χ0v) is 15.8. The van der Waals surface area contributed by atoms with Gasteiger partial charge in [0.05, 0.1) is 5.39 Å². The van der Waals surface area contributed by atoms with E-state index in [1.807, 2.05) is 0 Å². The van der Waals surface area contributed by atoms with Crippen LogP contribution in [-0.4, -0.2) is 26.3 Å². The lowest BCUT2D eigenvalue weighted by atomic mass is 10.1. The van der Waals surface area contributed by atoms with E-state index in [0.717, 1.165) is 5.56 Å². The summed E-state index contributed by atoms with van der Waals surface area (Å²) in [6.45, 7) is 0. The first-order chi connectivity index (χ1) is 13.6. The van der Waals surface area contributed by atoms with Gasteiger partial charge >= 0.3 is 0 Å². The molecular formula is C18H12FN5O2S2. The van der Waals surface area contributed by atoms with Crippen LogP contribution in [0.5, 0.6) is 0 Å². The van der Waals surface area contributed by atoms with Crippen molar-refractivity contribution in [3.63, 3.8) is 0 Å². The lowest BCUT2D eigenvalue weighted by Gasteiger charge is -2.03. The molecule has 10 heteroatoms. The molecule has 0 atom stereocenters. The van der Waals surface area contributed by atoms with Gasteiger partial charge in [0.1, 0.15) is 5.82 Å². The number of H-pyrrole nitrogens is 1. The second kappa shape index (κ2) is 7.87. The number of aromatic amines is 1. The molecule has 7 nitrogen and oxygen atoms in total. The number of hydrogen-bond acceptors (Lipinski definition) is 7. The lowest BCUT2D eigenvalue weighted by molar-refractivity contribution is 0.102. The molecule has 0 fully saturated rings. The molecule has 0 aliphatic heterocycles. The normalized spacial score (nSPS) is 10.9. The number of anilines is 1. The lowest BCUT2D eigenvalue weighted by Crippen LogP contribution is -2.19. The number of nitrogens with zero attached hydrogens (tertiary/aromatic N) is 3. The van der Waals surface area contributed by atoms with Crippen LogP contribution in [0, 0.1) is 5.82 Å². The third-order valence-corrected chi connectivity index (χ3v) is 5.86. The predicted molar refractivity (Wildman–Crippen MR) is 106 cm³/mol. The molecule has 4 rings (SSSR count). The van der Waals surface area contributed by atoms with Crippen molar-refractivity contribution in [1.82, 2.24) is 20.4 Å². The van der Waals surface area contributed by atoms with Crippen molar-refractivity contribution in [1.29, 1.82) is 0 Å². The minimum Gasteiger partial charge on any atom is -0.295 e. The van der Waals surface area contributed by atoms with Gasteiger partial charge in [0.2, 0.25) is 5.13 Å². The number of fused-ring (bicyclic) bond motifs is 1. The highest BCUT2D eigenvalue weighted by Gasteiger charge is 2.16. The molecule has 0 spiro atoms. The molecule has 0 unspecified atom stereocenters. The Labute approximate surface area is 166 Å². The van der Waals surface area contributed by atoms with Crippen LogP contribution >= 0.6 is 23.1 Å². The number of hydrogen-bond donors (Lipinski definition) is 2. The number of carbonyl (C=O) groups is 1. The average molecular weight is 413 g/mol. The molecule has 0 aliphatic carbocycles. The number of halogens is 1. The highest BCUT2D eigenvalue weighted by atomic mass is 32.2.